The summed E-state index contributed by atoms with van der Waals surface area (Å²) in [5, 5.41) is 3.41. The Morgan fingerprint density at radius 1 is 1.48 bits per heavy atom. The summed E-state index contributed by atoms with van der Waals surface area (Å²) in [6.45, 7) is 3.10. The zero-order valence-electron chi connectivity index (χ0n) is 11.9. The molecule has 4 nitrogen and oxygen atoms in total. The Labute approximate surface area is 143 Å². The monoisotopic (exact) mass is 420 g/mol. The number of piperidine rings is 1. The van der Waals surface area contributed by atoms with Crippen molar-refractivity contribution < 1.29 is 9.59 Å². The molecule has 1 aliphatic heterocycles. The molecule has 1 unspecified atom stereocenters. The molecule has 21 heavy (non-hydrogen) atoms. The van der Waals surface area contributed by atoms with Crippen LogP contribution in [0.3, 0.4) is 0 Å². The van der Waals surface area contributed by atoms with Crippen LogP contribution in [0.2, 0.25) is 5.02 Å². The number of hydrogen-bond acceptors (Lipinski definition) is 2. The fourth-order valence-electron chi connectivity index (χ4n) is 2.47. The average Bonchev–Trinajstić information content (AvgIpc) is 2.49. The molecule has 114 valence electrons. The predicted octanol–water partition coefficient (Wildman–Crippen LogP) is 3.53. The quantitative estimate of drug-likeness (QED) is 0.761. The minimum absolute atomic E-state index is 0.0632. The molecule has 0 aromatic heterocycles. The molecule has 2 amide bonds. The van der Waals surface area contributed by atoms with Crippen LogP contribution in [0.4, 0.5) is 5.69 Å². The maximum Gasteiger partial charge on any atom is 0.229 e. The van der Waals surface area contributed by atoms with E-state index in [4.69, 9.17) is 11.6 Å². The third-order valence-electron chi connectivity index (χ3n) is 3.64. The summed E-state index contributed by atoms with van der Waals surface area (Å²) < 4.78 is 1.02. The Bertz CT molecular complexity index is 550. The highest BCUT2D eigenvalue weighted by molar-refractivity contribution is 14.1. The van der Waals surface area contributed by atoms with E-state index in [2.05, 4.69) is 27.9 Å². The summed E-state index contributed by atoms with van der Waals surface area (Å²) in [6, 6.07) is 5.52. The molecule has 1 fully saturated rings. The molecule has 1 N–H and O–H groups in total. The van der Waals surface area contributed by atoms with Gasteiger partial charge in [0, 0.05) is 23.1 Å². The second-order valence-electron chi connectivity index (χ2n) is 5.15. The van der Waals surface area contributed by atoms with Gasteiger partial charge in [-0.3, -0.25) is 9.59 Å². The number of carbonyl (C=O) groups excluding carboxylic acids is 2. The second-order valence-corrected chi connectivity index (χ2v) is 6.80. The van der Waals surface area contributed by atoms with Gasteiger partial charge in [0.1, 0.15) is 0 Å². The molecule has 0 aliphatic carbocycles. The average molecular weight is 421 g/mol. The molecule has 2 rings (SSSR count). The van der Waals surface area contributed by atoms with Gasteiger partial charge in [0.2, 0.25) is 11.8 Å². The van der Waals surface area contributed by atoms with Gasteiger partial charge in [-0.05, 0) is 53.6 Å². The fraction of sp³-hybridized carbons (Fsp3) is 0.467. The largest absolute Gasteiger partial charge is 0.342 e. The van der Waals surface area contributed by atoms with Gasteiger partial charge in [0.15, 0.2) is 0 Å². The molecule has 1 aromatic rings. The van der Waals surface area contributed by atoms with E-state index < -0.39 is 0 Å². The summed E-state index contributed by atoms with van der Waals surface area (Å²) in [5.41, 5.74) is 0.626. The number of carbonyl (C=O) groups is 2. The van der Waals surface area contributed by atoms with Crippen molar-refractivity contribution in [3.8, 4) is 0 Å². The van der Waals surface area contributed by atoms with Crippen molar-refractivity contribution in [2.24, 2.45) is 5.92 Å². The highest BCUT2D eigenvalue weighted by Gasteiger charge is 2.28. The van der Waals surface area contributed by atoms with Crippen molar-refractivity contribution in [3.05, 3.63) is 26.8 Å². The number of anilines is 1. The Morgan fingerprint density at radius 3 is 2.90 bits per heavy atom. The normalized spacial score (nSPS) is 18.4. The van der Waals surface area contributed by atoms with Gasteiger partial charge < -0.3 is 10.2 Å². The smallest absolute Gasteiger partial charge is 0.229 e. The van der Waals surface area contributed by atoms with Crippen LogP contribution in [0.5, 0.6) is 0 Å². The summed E-state index contributed by atoms with van der Waals surface area (Å²) in [5.74, 6) is -0.115. The van der Waals surface area contributed by atoms with Crippen LogP contribution < -0.4 is 5.32 Å². The summed E-state index contributed by atoms with van der Waals surface area (Å²) in [6.07, 6.45) is 2.16. The van der Waals surface area contributed by atoms with Crippen LogP contribution in [0.15, 0.2) is 18.2 Å². The summed E-state index contributed by atoms with van der Waals surface area (Å²) in [4.78, 5) is 25.9. The zero-order chi connectivity index (χ0) is 15.4. The van der Waals surface area contributed by atoms with E-state index >= 15 is 0 Å². The van der Waals surface area contributed by atoms with Crippen LogP contribution in [-0.2, 0) is 9.59 Å². The van der Waals surface area contributed by atoms with Crippen molar-refractivity contribution in [3.63, 3.8) is 0 Å². The van der Waals surface area contributed by atoms with Gasteiger partial charge in [0.25, 0.3) is 0 Å². The Morgan fingerprint density at radius 2 is 2.24 bits per heavy atom. The first-order chi connectivity index (χ1) is 10.0. The van der Waals surface area contributed by atoms with E-state index in [1.807, 2.05) is 19.1 Å². The standard InChI is InChI=1S/C15H18ClIN2O2/c1-2-14(20)19-7-3-4-10(9-19)15(21)18-13-6-5-11(17)8-12(13)16/h5-6,8,10H,2-4,7,9H2,1H3,(H,18,21). The zero-order valence-corrected chi connectivity index (χ0v) is 14.8. The van der Waals surface area contributed by atoms with Crippen molar-refractivity contribution in [1.29, 1.82) is 0 Å². The van der Waals surface area contributed by atoms with Crippen molar-refractivity contribution in [2.45, 2.75) is 26.2 Å². The van der Waals surface area contributed by atoms with Gasteiger partial charge in [-0.2, -0.15) is 0 Å². The molecule has 0 bridgehead atoms. The molecule has 1 aliphatic rings. The van der Waals surface area contributed by atoms with E-state index in [1.165, 1.54) is 0 Å². The van der Waals surface area contributed by atoms with Crippen LogP contribution in [-0.4, -0.2) is 29.8 Å². The fourth-order valence-corrected chi connectivity index (χ4v) is 3.37. The SMILES string of the molecule is CCC(=O)N1CCCC(C(=O)Nc2ccc(I)cc2Cl)C1. The van der Waals surface area contributed by atoms with Gasteiger partial charge >= 0.3 is 0 Å². The predicted molar refractivity (Wildman–Crippen MR) is 92.4 cm³/mol. The maximum atomic E-state index is 12.4. The number of rotatable bonds is 3. The number of nitrogens with one attached hydrogen (secondary N) is 1. The minimum atomic E-state index is -0.162. The molecule has 0 radical (unpaired) electrons. The van der Waals surface area contributed by atoms with Crippen molar-refractivity contribution >= 4 is 51.7 Å². The van der Waals surface area contributed by atoms with E-state index in [0.717, 1.165) is 23.0 Å². The molecule has 1 heterocycles. The topological polar surface area (TPSA) is 49.4 Å². The lowest BCUT2D eigenvalue weighted by molar-refractivity contribution is -0.134. The lowest BCUT2D eigenvalue weighted by Crippen LogP contribution is -2.43. The highest BCUT2D eigenvalue weighted by atomic mass is 127. The summed E-state index contributed by atoms with van der Waals surface area (Å²) >= 11 is 8.30. The third kappa shape index (κ3) is 4.32. The molecular formula is C15H18ClIN2O2. The molecule has 0 spiro atoms. The van der Waals surface area contributed by atoms with Crippen LogP contribution in [0.1, 0.15) is 26.2 Å². The number of halogens is 2. The highest BCUT2D eigenvalue weighted by Crippen LogP contribution is 2.26. The van der Waals surface area contributed by atoms with Crippen molar-refractivity contribution in [1.82, 2.24) is 4.90 Å². The summed E-state index contributed by atoms with van der Waals surface area (Å²) in [7, 11) is 0. The molecule has 6 heteroatoms. The molecule has 1 atom stereocenters. The van der Waals surface area contributed by atoms with Gasteiger partial charge in [-0.15, -0.1) is 0 Å². The molecule has 1 saturated heterocycles. The van der Waals surface area contributed by atoms with Gasteiger partial charge in [-0.25, -0.2) is 0 Å². The number of hydrogen-bond donors (Lipinski definition) is 1. The lowest BCUT2D eigenvalue weighted by atomic mass is 9.96. The minimum Gasteiger partial charge on any atom is -0.342 e. The number of nitrogens with zero attached hydrogens (tertiary/aromatic N) is 1. The lowest BCUT2D eigenvalue weighted by Gasteiger charge is -2.32. The maximum absolute atomic E-state index is 12.4. The van der Waals surface area contributed by atoms with Gasteiger partial charge in [-0.1, -0.05) is 18.5 Å². The number of benzene rings is 1. The second kappa shape index (κ2) is 7.45. The van der Waals surface area contributed by atoms with Gasteiger partial charge in [0.05, 0.1) is 16.6 Å². The van der Waals surface area contributed by atoms with Crippen LogP contribution in [0, 0.1) is 9.49 Å². The molecular weight excluding hydrogens is 403 g/mol. The van der Waals surface area contributed by atoms with Crippen molar-refractivity contribution in [2.75, 3.05) is 18.4 Å². The number of amides is 2. The van der Waals surface area contributed by atoms with E-state index in [0.29, 0.717) is 23.7 Å². The Kier molecular flexibility index (Phi) is 5.87. The Balaban J connectivity index is 2.01. The Hall–Kier alpha value is -0.820. The molecule has 0 saturated carbocycles. The van der Waals surface area contributed by atoms with Crippen LogP contribution in [0.25, 0.3) is 0 Å². The van der Waals surface area contributed by atoms with E-state index in [1.54, 1.807) is 11.0 Å². The first-order valence-corrected chi connectivity index (χ1v) is 8.50. The van der Waals surface area contributed by atoms with Crippen LogP contribution >= 0.6 is 34.2 Å². The first-order valence-electron chi connectivity index (χ1n) is 7.05. The number of likely N-dealkylation sites (tertiary alicyclic amines) is 1. The third-order valence-corrected chi connectivity index (χ3v) is 4.62. The molecule has 1 aromatic carbocycles. The van der Waals surface area contributed by atoms with E-state index in [-0.39, 0.29) is 17.7 Å². The van der Waals surface area contributed by atoms with E-state index in [9.17, 15) is 9.59 Å². The first kappa shape index (κ1) is 16.5.